The fourth-order valence-corrected chi connectivity index (χ4v) is 4.46. The van der Waals surface area contributed by atoms with E-state index >= 15 is 0 Å². The molecule has 5 rings (SSSR count). The van der Waals surface area contributed by atoms with Crippen molar-refractivity contribution in [1.82, 2.24) is 26.1 Å². The highest BCUT2D eigenvalue weighted by Gasteiger charge is 2.44. The number of hydrogen-bond donors (Lipinski definition) is 3. The van der Waals surface area contributed by atoms with Crippen molar-refractivity contribution in [1.29, 1.82) is 0 Å². The highest BCUT2D eigenvalue weighted by molar-refractivity contribution is 6.30. The van der Waals surface area contributed by atoms with E-state index in [1.54, 1.807) is 0 Å². The third-order valence-electron chi connectivity index (χ3n) is 6.00. The molecule has 0 aromatic heterocycles. The average Bonchev–Trinajstić information content (AvgIpc) is 3.41. The molecule has 0 spiro atoms. The van der Waals surface area contributed by atoms with Crippen molar-refractivity contribution in [2.45, 2.75) is 44.1 Å². The summed E-state index contributed by atoms with van der Waals surface area (Å²) in [5.74, 6) is 0.925. The van der Waals surface area contributed by atoms with Crippen molar-refractivity contribution in [2.75, 3.05) is 0 Å². The molecule has 3 unspecified atom stereocenters. The van der Waals surface area contributed by atoms with Gasteiger partial charge in [0.05, 0.1) is 12.1 Å². The van der Waals surface area contributed by atoms with Crippen LogP contribution in [0.2, 0.25) is 5.02 Å². The number of halogens is 1. The Labute approximate surface area is 186 Å². The standard InChI is InChI=1S/C23H25ClN6O/c24-18-8-6-17(7-9-18)19-14-20-23-27-26-21(29(23)12-13-30(20)28-19)10-11-22(31)25-15-16-4-2-1-3-5-16/h1-9,12-13,19-20,23,27-28H,10-11,14-15H2,(H,25,31). The van der Waals surface area contributed by atoms with Gasteiger partial charge in [-0.15, -0.1) is 0 Å². The van der Waals surface area contributed by atoms with Gasteiger partial charge in [0.1, 0.15) is 12.0 Å². The zero-order chi connectivity index (χ0) is 21.2. The molecule has 0 aliphatic carbocycles. The van der Waals surface area contributed by atoms with Gasteiger partial charge in [0, 0.05) is 36.8 Å². The van der Waals surface area contributed by atoms with Crippen molar-refractivity contribution >= 4 is 23.3 Å². The van der Waals surface area contributed by atoms with Gasteiger partial charge in [0.25, 0.3) is 0 Å². The Morgan fingerprint density at radius 3 is 2.74 bits per heavy atom. The average molecular weight is 437 g/mol. The number of hydrazine groups is 1. The van der Waals surface area contributed by atoms with Crippen LogP contribution in [0, 0.1) is 0 Å². The molecule has 1 saturated heterocycles. The Morgan fingerprint density at radius 1 is 1.13 bits per heavy atom. The summed E-state index contributed by atoms with van der Waals surface area (Å²) in [6.07, 6.45) is 6.08. The first-order chi connectivity index (χ1) is 15.2. The van der Waals surface area contributed by atoms with Gasteiger partial charge in [-0.25, -0.2) is 5.43 Å². The second-order valence-corrected chi connectivity index (χ2v) is 8.45. The maximum atomic E-state index is 12.3. The maximum absolute atomic E-state index is 12.3. The minimum absolute atomic E-state index is 0.0305. The molecule has 0 saturated carbocycles. The van der Waals surface area contributed by atoms with Crippen LogP contribution in [0.25, 0.3) is 0 Å². The summed E-state index contributed by atoms with van der Waals surface area (Å²) in [5.41, 5.74) is 9.14. The summed E-state index contributed by atoms with van der Waals surface area (Å²) in [6, 6.07) is 18.4. The van der Waals surface area contributed by atoms with E-state index in [0.717, 1.165) is 22.8 Å². The zero-order valence-electron chi connectivity index (χ0n) is 17.0. The molecule has 3 aliphatic rings. The molecule has 0 bridgehead atoms. The van der Waals surface area contributed by atoms with Crippen molar-refractivity contribution in [3.63, 3.8) is 0 Å². The number of fused-ring (bicyclic) bond motifs is 3. The molecule has 2 aromatic rings. The maximum Gasteiger partial charge on any atom is 0.220 e. The fourth-order valence-electron chi connectivity index (χ4n) is 4.33. The van der Waals surface area contributed by atoms with Gasteiger partial charge in [-0.05, 0) is 29.7 Å². The molecule has 3 N–H and O–H groups in total. The molecule has 3 heterocycles. The topological polar surface area (TPSA) is 72.0 Å². The summed E-state index contributed by atoms with van der Waals surface area (Å²) in [7, 11) is 0. The Hall–Kier alpha value is -3.03. The summed E-state index contributed by atoms with van der Waals surface area (Å²) in [6.45, 7) is 0.547. The Kier molecular flexibility index (Phi) is 5.53. The van der Waals surface area contributed by atoms with Gasteiger partial charge in [0.2, 0.25) is 5.91 Å². The number of hydrogen-bond acceptors (Lipinski definition) is 6. The molecule has 8 heteroatoms. The number of rotatable bonds is 6. The second kappa shape index (κ2) is 8.61. The van der Waals surface area contributed by atoms with Crippen LogP contribution in [0.4, 0.5) is 0 Å². The monoisotopic (exact) mass is 436 g/mol. The number of nitrogens with zero attached hydrogens (tertiary/aromatic N) is 3. The number of amidine groups is 1. The van der Waals surface area contributed by atoms with E-state index in [1.807, 2.05) is 48.7 Å². The predicted octanol–water partition coefficient (Wildman–Crippen LogP) is 3.09. The largest absolute Gasteiger partial charge is 0.352 e. The summed E-state index contributed by atoms with van der Waals surface area (Å²) < 4.78 is 0. The van der Waals surface area contributed by atoms with E-state index in [-0.39, 0.29) is 24.2 Å². The number of benzene rings is 2. The van der Waals surface area contributed by atoms with Crippen LogP contribution in [0.15, 0.2) is 72.1 Å². The lowest BCUT2D eigenvalue weighted by Gasteiger charge is -2.37. The summed E-state index contributed by atoms with van der Waals surface area (Å²) >= 11 is 6.03. The van der Waals surface area contributed by atoms with Crippen LogP contribution in [-0.2, 0) is 11.3 Å². The minimum atomic E-state index is 0.0305. The van der Waals surface area contributed by atoms with Gasteiger partial charge >= 0.3 is 0 Å². The molecule has 31 heavy (non-hydrogen) atoms. The van der Waals surface area contributed by atoms with Crippen molar-refractivity contribution in [2.24, 2.45) is 5.10 Å². The lowest BCUT2D eigenvalue weighted by molar-refractivity contribution is -0.121. The molecule has 160 valence electrons. The van der Waals surface area contributed by atoms with Crippen LogP contribution in [0.3, 0.4) is 0 Å². The molecule has 0 radical (unpaired) electrons. The molecule has 3 aliphatic heterocycles. The number of carbonyl (C=O) groups is 1. The molecule has 1 fully saturated rings. The van der Waals surface area contributed by atoms with Crippen LogP contribution in [-0.4, -0.2) is 33.9 Å². The Balaban J connectivity index is 1.15. The van der Waals surface area contributed by atoms with Gasteiger partial charge < -0.3 is 15.2 Å². The van der Waals surface area contributed by atoms with Gasteiger partial charge in [-0.3, -0.25) is 10.2 Å². The van der Waals surface area contributed by atoms with E-state index in [4.69, 9.17) is 11.6 Å². The normalized spacial score (nSPS) is 23.8. The van der Waals surface area contributed by atoms with Crippen molar-refractivity contribution in [3.8, 4) is 0 Å². The smallest absolute Gasteiger partial charge is 0.220 e. The van der Waals surface area contributed by atoms with Crippen LogP contribution >= 0.6 is 11.6 Å². The first-order valence-corrected chi connectivity index (χ1v) is 10.9. The van der Waals surface area contributed by atoms with Crippen molar-refractivity contribution < 1.29 is 4.79 Å². The highest BCUT2D eigenvalue weighted by atomic mass is 35.5. The van der Waals surface area contributed by atoms with Gasteiger partial charge in [0.15, 0.2) is 0 Å². The quantitative estimate of drug-likeness (QED) is 0.649. The molecule has 7 nitrogen and oxygen atoms in total. The SMILES string of the molecule is O=C(CCC1=NNC2C3CC(c4ccc(Cl)cc4)NN3C=CN12)NCc1ccccc1. The van der Waals surface area contributed by atoms with E-state index in [1.165, 1.54) is 5.56 Å². The third-order valence-corrected chi connectivity index (χ3v) is 6.25. The lowest BCUT2D eigenvalue weighted by atomic mass is 9.99. The van der Waals surface area contributed by atoms with Crippen molar-refractivity contribution in [3.05, 3.63) is 83.1 Å². The van der Waals surface area contributed by atoms with E-state index < -0.39 is 0 Å². The zero-order valence-corrected chi connectivity index (χ0v) is 17.8. The number of amides is 1. The first-order valence-electron chi connectivity index (χ1n) is 10.6. The summed E-state index contributed by atoms with van der Waals surface area (Å²) in [4.78, 5) is 14.4. The van der Waals surface area contributed by atoms with Gasteiger partial charge in [-0.1, -0.05) is 54.1 Å². The molecule has 3 atom stereocenters. The van der Waals surface area contributed by atoms with Crippen LogP contribution in [0.1, 0.15) is 36.4 Å². The Bertz CT molecular complexity index is 993. The fraction of sp³-hybridized carbons (Fsp3) is 0.304. The molecule has 2 aromatic carbocycles. The third kappa shape index (κ3) is 4.24. The van der Waals surface area contributed by atoms with Crippen LogP contribution in [0.5, 0.6) is 0 Å². The number of nitrogens with one attached hydrogen (secondary N) is 3. The first kappa shape index (κ1) is 19.9. The minimum Gasteiger partial charge on any atom is -0.352 e. The van der Waals surface area contributed by atoms with Crippen LogP contribution < -0.4 is 16.2 Å². The Morgan fingerprint density at radius 2 is 1.94 bits per heavy atom. The molecular formula is C23H25ClN6O. The molecular weight excluding hydrogens is 412 g/mol. The van der Waals surface area contributed by atoms with Gasteiger partial charge in [-0.2, -0.15) is 5.10 Å². The second-order valence-electron chi connectivity index (χ2n) is 8.01. The lowest BCUT2D eigenvalue weighted by Crippen LogP contribution is -2.54. The number of hydrazone groups is 1. The highest BCUT2D eigenvalue weighted by Crippen LogP contribution is 2.34. The number of carbonyl (C=O) groups excluding carboxylic acids is 1. The van der Waals surface area contributed by atoms with E-state index in [2.05, 4.69) is 49.5 Å². The van der Waals surface area contributed by atoms with E-state index in [9.17, 15) is 4.79 Å². The van der Waals surface area contributed by atoms with E-state index in [0.29, 0.717) is 19.4 Å². The summed E-state index contributed by atoms with van der Waals surface area (Å²) in [5, 5.41) is 10.4. The predicted molar refractivity (Wildman–Crippen MR) is 120 cm³/mol. The molecule has 1 amide bonds.